The van der Waals surface area contributed by atoms with Crippen LogP contribution in [-0.4, -0.2) is 43.8 Å². The summed E-state index contributed by atoms with van der Waals surface area (Å²) in [5, 5.41) is 2.96. The van der Waals surface area contributed by atoms with E-state index in [0.717, 1.165) is 33.0 Å². The number of sulfonamides is 1. The van der Waals surface area contributed by atoms with E-state index >= 15 is 0 Å². The van der Waals surface area contributed by atoms with Crippen LogP contribution in [-0.2, 0) is 26.2 Å². The molecule has 0 saturated heterocycles. The van der Waals surface area contributed by atoms with E-state index in [1.54, 1.807) is 43.3 Å². The van der Waals surface area contributed by atoms with Crippen molar-refractivity contribution < 1.29 is 18.0 Å². The van der Waals surface area contributed by atoms with Gasteiger partial charge in [0.2, 0.25) is 11.8 Å². The van der Waals surface area contributed by atoms with Gasteiger partial charge in [-0.25, -0.2) is 8.42 Å². The number of hydrogen-bond donors (Lipinski definition) is 1. The number of hydrogen-bond acceptors (Lipinski definition) is 4. The highest BCUT2D eigenvalue weighted by molar-refractivity contribution is 7.92. The number of carbonyl (C=O) groups excluding carboxylic acids is 2. The molecule has 0 aliphatic carbocycles. The van der Waals surface area contributed by atoms with E-state index in [0.29, 0.717) is 5.69 Å². The van der Waals surface area contributed by atoms with Crippen molar-refractivity contribution in [3.05, 3.63) is 95.1 Å². The maximum absolute atomic E-state index is 14.1. The Morgan fingerprint density at radius 2 is 1.49 bits per heavy atom. The topological polar surface area (TPSA) is 86.8 Å². The molecule has 1 N–H and O–H groups in total. The van der Waals surface area contributed by atoms with E-state index in [1.165, 1.54) is 4.90 Å². The second kappa shape index (κ2) is 13.8. The second-order valence-corrected chi connectivity index (χ2v) is 12.9. The molecule has 3 aromatic carbocycles. The maximum Gasteiger partial charge on any atom is 0.264 e. The molecule has 0 saturated carbocycles. The number of rotatable bonds is 12. The van der Waals surface area contributed by atoms with Gasteiger partial charge in [0.05, 0.1) is 10.6 Å². The summed E-state index contributed by atoms with van der Waals surface area (Å²) < 4.78 is 29.1. The summed E-state index contributed by atoms with van der Waals surface area (Å²) in [4.78, 5) is 28.8. The lowest BCUT2D eigenvalue weighted by atomic mass is 10.0. The quantitative estimate of drug-likeness (QED) is 0.288. The largest absolute Gasteiger partial charge is 0.352 e. The monoisotopic (exact) mass is 577 g/mol. The molecule has 0 bridgehead atoms. The number of aryl methyl sites for hydroxylation is 2. The second-order valence-electron chi connectivity index (χ2n) is 11.1. The van der Waals surface area contributed by atoms with Crippen LogP contribution in [0.3, 0.4) is 0 Å². The Bertz CT molecular complexity index is 1430. The first-order valence-electron chi connectivity index (χ1n) is 14.2. The van der Waals surface area contributed by atoms with Crippen molar-refractivity contribution in [1.29, 1.82) is 0 Å². The minimum absolute atomic E-state index is 0.0567. The van der Waals surface area contributed by atoms with Gasteiger partial charge in [0, 0.05) is 12.6 Å². The molecule has 0 aromatic heterocycles. The fraction of sp³-hybridized carbons (Fsp3) is 0.394. The zero-order valence-electron chi connectivity index (χ0n) is 25.2. The Morgan fingerprint density at radius 3 is 2.05 bits per heavy atom. The average Bonchev–Trinajstić information content (AvgIpc) is 2.94. The fourth-order valence-corrected chi connectivity index (χ4v) is 5.86. The third kappa shape index (κ3) is 8.19. The van der Waals surface area contributed by atoms with Crippen molar-refractivity contribution in [2.24, 2.45) is 0 Å². The SMILES string of the molecule is CC[C@H](C)NC(=O)[C@H](C)N(Cc1cccc(C)c1)C(=O)CN(c1ccc(C(C)C)cc1)S(=O)(=O)c1ccc(C)cc1. The van der Waals surface area contributed by atoms with Gasteiger partial charge >= 0.3 is 0 Å². The molecule has 0 radical (unpaired) electrons. The van der Waals surface area contributed by atoms with Gasteiger partial charge in [0.1, 0.15) is 12.6 Å². The Kier molecular flexibility index (Phi) is 10.7. The zero-order chi connectivity index (χ0) is 30.3. The van der Waals surface area contributed by atoms with Crippen molar-refractivity contribution in [2.75, 3.05) is 10.8 Å². The summed E-state index contributed by atoms with van der Waals surface area (Å²) >= 11 is 0. The lowest BCUT2D eigenvalue weighted by Gasteiger charge is -2.32. The molecule has 0 heterocycles. The first-order chi connectivity index (χ1) is 19.3. The van der Waals surface area contributed by atoms with Gasteiger partial charge in [-0.1, -0.05) is 80.4 Å². The molecule has 0 spiro atoms. The van der Waals surface area contributed by atoms with E-state index in [-0.39, 0.29) is 29.3 Å². The molecular formula is C33H43N3O4S. The normalized spacial score (nSPS) is 13.0. The molecule has 2 atom stereocenters. The Morgan fingerprint density at radius 1 is 0.854 bits per heavy atom. The molecule has 3 aromatic rings. The van der Waals surface area contributed by atoms with Gasteiger partial charge in [-0.15, -0.1) is 0 Å². The minimum atomic E-state index is -4.10. The summed E-state index contributed by atoms with van der Waals surface area (Å²) in [6.45, 7) is 13.3. The summed E-state index contributed by atoms with van der Waals surface area (Å²) in [6, 6.07) is 20.7. The first-order valence-corrected chi connectivity index (χ1v) is 15.6. The van der Waals surface area contributed by atoms with Crippen LogP contribution >= 0.6 is 0 Å². The van der Waals surface area contributed by atoms with Gasteiger partial charge < -0.3 is 10.2 Å². The predicted octanol–water partition coefficient (Wildman–Crippen LogP) is 5.95. The molecule has 3 rings (SSSR count). The van der Waals surface area contributed by atoms with Crippen LogP contribution in [0.1, 0.15) is 69.2 Å². The van der Waals surface area contributed by atoms with Crippen LogP contribution in [0.25, 0.3) is 0 Å². The van der Waals surface area contributed by atoms with Gasteiger partial charge in [-0.3, -0.25) is 13.9 Å². The van der Waals surface area contributed by atoms with Gasteiger partial charge in [-0.2, -0.15) is 0 Å². The van der Waals surface area contributed by atoms with E-state index in [9.17, 15) is 18.0 Å². The number of anilines is 1. The van der Waals surface area contributed by atoms with Crippen molar-refractivity contribution in [2.45, 2.75) is 84.3 Å². The Labute approximate surface area is 245 Å². The van der Waals surface area contributed by atoms with Crippen LogP contribution in [0.4, 0.5) is 5.69 Å². The Hall–Kier alpha value is -3.65. The molecule has 0 aliphatic heterocycles. The molecule has 41 heavy (non-hydrogen) atoms. The smallest absolute Gasteiger partial charge is 0.264 e. The van der Waals surface area contributed by atoms with Crippen molar-refractivity contribution in [3.8, 4) is 0 Å². The molecule has 2 amide bonds. The third-order valence-corrected chi connectivity index (χ3v) is 9.13. The number of carbonyl (C=O) groups is 2. The Balaban J connectivity index is 2.04. The standard InChI is InChI=1S/C33H43N3O4S/c1-8-26(6)34-33(38)27(7)35(21-28-11-9-10-25(5)20-28)32(37)22-36(30-16-14-29(15-17-30)23(2)3)41(39,40)31-18-12-24(4)13-19-31/h9-20,23,26-27H,8,21-22H2,1-7H3,(H,34,38)/t26-,27-/m0/s1. The van der Waals surface area contributed by atoms with Crippen LogP contribution in [0.15, 0.2) is 77.7 Å². The average molecular weight is 578 g/mol. The summed E-state index contributed by atoms with van der Waals surface area (Å²) in [5.41, 5.74) is 4.26. The predicted molar refractivity (Wildman–Crippen MR) is 165 cm³/mol. The van der Waals surface area contributed by atoms with Gasteiger partial charge in [0.25, 0.3) is 10.0 Å². The van der Waals surface area contributed by atoms with Crippen LogP contribution in [0.2, 0.25) is 0 Å². The van der Waals surface area contributed by atoms with Crippen molar-refractivity contribution in [1.82, 2.24) is 10.2 Å². The highest BCUT2D eigenvalue weighted by atomic mass is 32.2. The summed E-state index contributed by atoms with van der Waals surface area (Å²) in [7, 11) is -4.10. The zero-order valence-corrected chi connectivity index (χ0v) is 26.0. The molecule has 0 unspecified atom stereocenters. The van der Waals surface area contributed by atoms with Crippen LogP contribution in [0.5, 0.6) is 0 Å². The van der Waals surface area contributed by atoms with E-state index in [1.807, 2.05) is 64.1 Å². The maximum atomic E-state index is 14.1. The highest BCUT2D eigenvalue weighted by Gasteiger charge is 2.32. The first kappa shape index (κ1) is 31.9. The molecule has 0 fully saturated rings. The van der Waals surface area contributed by atoms with Crippen molar-refractivity contribution >= 4 is 27.5 Å². The van der Waals surface area contributed by atoms with E-state index in [4.69, 9.17) is 0 Å². The summed E-state index contributed by atoms with van der Waals surface area (Å²) in [5.74, 6) is -0.487. The van der Waals surface area contributed by atoms with Gasteiger partial charge in [-0.05, 0) is 75.4 Å². The van der Waals surface area contributed by atoms with Gasteiger partial charge in [0.15, 0.2) is 0 Å². The van der Waals surface area contributed by atoms with E-state index in [2.05, 4.69) is 19.2 Å². The lowest BCUT2D eigenvalue weighted by Crippen LogP contribution is -2.52. The molecule has 220 valence electrons. The molecule has 7 nitrogen and oxygen atoms in total. The highest BCUT2D eigenvalue weighted by Crippen LogP contribution is 2.27. The molecule has 0 aliphatic rings. The van der Waals surface area contributed by atoms with Crippen LogP contribution in [0, 0.1) is 13.8 Å². The number of nitrogens with zero attached hydrogens (tertiary/aromatic N) is 2. The molecule has 8 heteroatoms. The third-order valence-electron chi connectivity index (χ3n) is 7.34. The lowest BCUT2D eigenvalue weighted by molar-refractivity contribution is -0.139. The number of benzene rings is 3. The van der Waals surface area contributed by atoms with Crippen molar-refractivity contribution in [3.63, 3.8) is 0 Å². The number of amides is 2. The summed E-state index contributed by atoms with van der Waals surface area (Å²) in [6.07, 6.45) is 0.749. The fourth-order valence-electron chi connectivity index (χ4n) is 4.45. The molecular weight excluding hydrogens is 534 g/mol. The minimum Gasteiger partial charge on any atom is -0.352 e. The van der Waals surface area contributed by atoms with Crippen LogP contribution < -0.4 is 9.62 Å². The number of nitrogens with one attached hydrogen (secondary N) is 1. The van der Waals surface area contributed by atoms with E-state index < -0.39 is 28.5 Å².